The minimum Gasteiger partial charge on any atom is -0.467 e. The van der Waals surface area contributed by atoms with Crippen molar-refractivity contribution < 1.29 is 14.3 Å². The molecular weight excluding hydrogens is 362 g/mol. The Bertz CT molecular complexity index is 921. The van der Waals surface area contributed by atoms with Gasteiger partial charge in [-0.25, -0.2) is 4.79 Å². The fourth-order valence-corrected chi connectivity index (χ4v) is 3.20. The third-order valence-corrected chi connectivity index (χ3v) is 4.81. The molecule has 0 saturated heterocycles. The lowest BCUT2D eigenvalue weighted by Gasteiger charge is -2.17. The van der Waals surface area contributed by atoms with Gasteiger partial charge in [0.25, 0.3) is 0 Å². The zero-order chi connectivity index (χ0) is 20.5. The van der Waals surface area contributed by atoms with Crippen molar-refractivity contribution in [1.29, 1.82) is 0 Å². The van der Waals surface area contributed by atoms with Crippen LogP contribution in [0.2, 0.25) is 0 Å². The third kappa shape index (κ3) is 6.04. The first-order chi connectivity index (χ1) is 14.2. The van der Waals surface area contributed by atoms with Gasteiger partial charge in [0.1, 0.15) is 6.04 Å². The van der Waals surface area contributed by atoms with Gasteiger partial charge in [-0.2, -0.15) is 0 Å². The number of benzene rings is 3. The van der Waals surface area contributed by atoms with Gasteiger partial charge in [-0.15, -0.1) is 0 Å². The van der Waals surface area contributed by atoms with Crippen molar-refractivity contribution in [3.05, 3.63) is 96.1 Å². The summed E-state index contributed by atoms with van der Waals surface area (Å²) in [5.74, 6) is -0.602. The van der Waals surface area contributed by atoms with Crippen LogP contribution in [-0.4, -0.2) is 25.0 Å². The topological polar surface area (TPSA) is 55.4 Å². The van der Waals surface area contributed by atoms with Gasteiger partial charge in [0, 0.05) is 12.8 Å². The molecule has 0 bridgehead atoms. The molecule has 1 atom stereocenters. The molecule has 4 heteroatoms. The Morgan fingerprint density at radius 2 is 1.38 bits per heavy atom. The maximum Gasteiger partial charge on any atom is 0.328 e. The van der Waals surface area contributed by atoms with Crippen molar-refractivity contribution in [2.75, 3.05) is 7.11 Å². The summed E-state index contributed by atoms with van der Waals surface area (Å²) in [5, 5.41) is 2.82. The van der Waals surface area contributed by atoms with E-state index in [1.165, 1.54) is 7.11 Å². The van der Waals surface area contributed by atoms with Crippen molar-refractivity contribution in [1.82, 2.24) is 5.32 Å². The summed E-state index contributed by atoms with van der Waals surface area (Å²) in [5.41, 5.74) is 4.30. The summed E-state index contributed by atoms with van der Waals surface area (Å²) in [4.78, 5) is 24.5. The second-order valence-corrected chi connectivity index (χ2v) is 6.90. The highest BCUT2D eigenvalue weighted by molar-refractivity contribution is 5.84. The number of nitrogens with one attached hydrogen (secondary N) is 1. The van der Waals surface area contributed by atoms with Crippen LogP contribution in [0.3, 0.4) is 0 Å². The van der Waals surface area contributed by atoms with Gasteiger partial charge in [-0.1, -0.05) is 84.9 Å². The minimum absolute atomic E-state index is 0.162. The van der Waals surface area contributed by atoms with Crippen LogP contribution in [0.25, 0.3) is 11.1 Å². The Morgan fingerprint density at radius 1 is 0.793 bits per heavy atom. The van der Waals surface area contributed by atoms with E-state index in [4.69, 9.17) is 4.74 Å². The molecule has 3 aromatic rings. The smallest absolute Gasteiger partial charge is 0.328 e. The maximum atomic E-state index is 12.4. The van der Waals surface area contributed by atoms with E-state index >= 15 is 0 Å². The molecule has 148 valence electrons. The quantitative estimate of drug-likeness (QED) is 0.590. The van der Waals surface area contributed by atoms with Gasteiger partial charge >= 0.3 is 5.97 Å². The second-order valence-electron chi connectivity index (χ2n) is 6.90. The van der Waals surface area contributed by atoms with Crippen molar-refractivity contribution in [3.8, 4) is 11.1 Å². The van der Waals surface area contributed by atoms with Crippen LogP contribution in [0.5, 0.6) is 0 Å². The number of carbonyl (C=O) groups is 2. The van der Waals surface area contributed by atoms with Crippen LogP contribution in [-0.2, 0) is 27.2 Å². The fraction of sp³-hybridized carbons (Fsp3) is 0.200. The highest BCUT2D eigenvalue weighted by Gasteiger charge is 2.21. The Kier molecular flexibility index (Phi) is 7.17. The van der Waals surface area contributed by atoms with Crippen molar-refractivity contribution >= 4 is 11.9 Å². The number of methoxy groups -OCH3 is 1. The predicted molar refractivity (Wildman–Crippen MR) is 114 cm³/mol. The highest BCUT2D eigenvalue weighted by atomic mass is 16.5. The molecule has 0 aromatic heterocycles. The van der Waals surface area contributed by atoms with Crippen LogP contribution in [0.1, 0.15) is 17.5 Å². The Balaban J connectivity index is 1.61. The molecule has 0 heterocycles. The first kappa shape index (κ1) is 20.3. The average Bonchev–Trinajstić information content (AvgIpc) is 2.78. The van der Waals surface area contributed by atoms with Crippen LogP contribution < -0.4 is 5.32 Å². The molecule has 0 unspecified atom stereocenters. The predicted octanol–water partition coefficient (Wildman–Crippen LogP) is 4.19. The number of hydrogen-bond donors (Lipinski definition) is 1. The van der Waals surface area contributed by atoms with E-state index in [-0.39, 0.29) is 5.91 Å². The fourth-order valence-electron chi connectivity index (χ4n) is 3.20. The lowest BCUT2D eigenvalue weighted by Crippen LogP contribution is -2.43. The monoisotopic (exact) mass is 387 g/mol. The normalized spacial score (nSPS) is 11.5. The largest absolute Gasteiger partial charge is 0.467 e. The van der Waals surface area contributed by atoms with Gasteiger partial charge in [0.05, 0.1) is 7.11 Å². The zero-order valence-electron chi connectivity index (χ0n) is 16.5. The number of hydrogen-bond acceptors (Lipinski definition) is 3. The van der Waals surface area contributed by atoms with E-state index in [1.54, 1.807) is 0 Å². The van der Waals surface area contributed by atoms with Crippen LogP contribution >= 0.6 is 0 Å². The SMILES string of the molecule is COC(=O)[C@H](Cc1ccc(-c2ccccc2)cc1)NC(=O)CCc1ccccc1. The van der Waals surface area contributed by atoms with E-state index in [2.05, 4.69) is 17.4 Å². The standard InChI is InChI=1S/C25H25NO3/c1-29-25(28)23(26-24(27)17-14-19-8-4-2-5-9-19)18-20-12-15-22(16-13-20)21-10-6-3-7-11-21/h2-13,15-16,23H,14,17-18H2,1H3,(H,26,27)/t23-/m0/s1. The third-order valence-electron chi connectivity index (χ3n) is 4.81. The van der Waals surface area contributed by atoms with Crippen LogP contribution in [0.15, 0.2) is 84.9 Å². The van der Waals surface area contributed by atoms with Gasteiger partial charge in [0.15, 0.2) is 0 Å². The first-order valence-corrected chi connectivity index (χ1v) is 9.71. The number of amides is 1. The molecule has 0 aliphatic carbocycles. The van der Waals surface area contributed by atoms with Gasteiger partial charge in [-0.05, 0) is 28.7 Å². The maximum absolute atomic E-state index is 12.4. The number of carbonyl (C=O) groups excluding carboxylic acids is 2. The average molecular weight is 387 g/mol. The first-order valence-electron chi connectivity index (χ1n) is 9.71. The Labute approximate surface area is 171 Å². The summed E-state index contributed by atoms with van der Waals surface area (Å²) in [6, 6.07) is 27.2. The molecule has 4 nitrogen and oxygen atoms in total. The molecule has 0 saturated carbocycles. The molecule has 3 aromatic carbocycles. The highest BCUT2D eigenvalue weighted by Crippen LogP contribution is 2.20. The Hall–Kier alpha value is -3.40. The molecule has 0 aliphatic rings. The number of rotatable bonds is 8. The lowest BCUT2D eigenvalue weighted by atomic mass is 10.0. The van der Waals surface area contributed by atoms with Crippen molar-refractivity contribution in [3.63, 3.8) is 0 Å². The summed E-state index contributed by atoms with van der Waals surface area (Å²) >= 11 is 0. The van der Waals surface area contributed by atoms with Crippen LogP contribution in [0.4, 0.5) is 0 Å². The van der Waals surface area contributed by atoms with Crippen molar-refractivity contribution in [2.24, 2.45) is 0 Å². The number of ether oxygens (including phenoxy) is 1. The molecule has 0 fully saturated rings. The van der Waals surface area contributed by atoms with Gasteiger partial charge in [0.2, 0.25) is 5.91 Å². The molecular formula is C25H25NO3. The second kappa shape index (κ2) is 10.2. The van der Waals surface area contributed by atoms with E-state index in [0.29, 0.717) is 19.3 Å². The number of aryl methyl sites for hydroxylation is 1. The zero-order valence-corrected chi connectivity index (χ0v) is 16.5. The Morgan fingerprint density at radius 3 is 2.00 bits per heavy atom. The van der Waals surface area contributed by atoms with Gasteiger partial charge < -0.3 is 10.1 Å². The summed E-state index contributed by atoms with van der Waals surface area (Å²) in [6.45, 7) is 0. The summed E-state index contributed by atoms with van der Waals surface area (Å²) in [6.07, 6.45) is 1.34. The lowest BCUT2D eigenvalue weighted by molar-refractivity contribution is -0.145. The van der Waals surface area contributed by atoms with E-state index < -0.39 is 12.0 Å². The summed E-state index contributed by atoms with van der Waals surface area (Å²) in [7, 11) is 1.34. The molecule has 1 N–H and O–H groups in total. The van der Waals surface area contributed by atoms with Gasteiger partial charge in [-0.3, -0.25) is 4.79 Å². The molecule has 29 heavy (non-hydrogen) atoms. The molecule has 0 spiro atoms. The van der Waals surface area contributed by atoms with E-state index in [1.807, 2.05) is 72.8 Å². The molecule has 1 amide bonds. The molecule has 0 aliphatic heterocycles. The van der Waals surface area contributed by atoms with Crippen LogP contribution in [0, 0.1) is 0 Å². The van der Waals surface area contributed by atoms with Crippen molar-refractivity contribution in [2.45, 2.75) is 25.3 Å². The van der Waals surface area contributed by atoms with E-state index in [9.17, 15) is 9.59 Å². The minimum atomic E-state index is -0.703. The number of esters is 1. The molecule has 3 rings (SSSR count). The molecule has 0 radical (unpaired) electrons. The summed E-state index contributed by atoms with van der Waals surface area (Å²) < 4.78 is 4.89. The van der Waals surface area contributed by atoms with E-state index in [0.717, 1.165) is 22.3 Å².